The average molecular weight is 384 g/mol. The van der Waals surface area contributed by atoms with Crippen LogP contribution in [0.5, 0.6) is 0 Å². The van der Waals surface area contributed by atoms with Crippen LogP contribution >= 0.6 is 11.3 Å². The van der Waals surface area contributed by atoms with Crippen LogP contribution in [0, 0.1) is 5.41 Å². The van der Waals surface area contributed by atoms with Crippen molar-refractivity contribution in [1.82, 2.24) is 10.3 Å². The monoisotopic (exact) mass is 383 g/mol. The van der Waals surface area contributed by atoms with E-state index in [1.165, 1.54) is 11.3 Å². The maximum atomic E-state index is 12.6. The molecular formula is C19H33N3O3S. The van der Waals surface area contributed by atoms with E-state index in [2.05, 4.69) is 29.5 Å². The number of hydrogen-bond acceptors (Lipinski definition) is 5. The topological polar surface area (TPSA) is 91.3 Å². The number of aliphatic hydroxyl groups excluding tert-OH is 1. The molecule has 1 aromatic heterocycles. The predicted octanol–water partition coefficient (Wildman–Crippen LogP) is 3.68. The molecule has 3 N–H and O–H groups in total. The van der Waals surface area contributed by atoms with Gasteiger partial charge in [-0.1, -0.05) is 48.0 Å². The largest absolute Gasteiger partial charge is 0.383 e. The lowest BCUT2D eigenvalue weighted by Crippen LogP contribution is -2.50. The van der Waals surface area contributed by atoms with Crippen molar-refractivity contribution >= 4 is 28.3 Å². The van der Waals surface area contributed by atoms with Gasteiger partial charge in [0.2, 0.25) is 11.8 Å². The highest BCUT2D eigenvalue weighted by Crippen LogP contribution is 2.30. The van der Waals surface area contributed by atoms with E-state index in [1.807, 2.05) is 13.1 Å². The minimum absolute atomic E-state index is 0.299. The number of aliphatic hydroxyl groups is 1. The summed E-state index contributed by atoms with van der Waals surface area (Å²) < 4.78 is 0. The van der Waals surface area contributed by atoms with Crippen LogP contribution in [0.25, 0.3) is 0 Å². The highest BCUT2D eigenvalue weighted by Gasteiger charge is 2.32. The Morgan fingerprint density at radius 2 is 1.81 bits per heavy atom. The average Bonchev–Trinajstić information content (AvgIpc) is 3.02. The molecule has 1 heterocycles. The summed E-state index contributed by atoms with van der Waals surface area (Å²) in [5.41, 5.74) is -0.586. The Hall–Kier alpha value is -1.47. The van der Waals surface area contributed by atoms with Crippen molar-refractivity contribution in [2.24, 2.45) is 5.41 Å². The number of rotatable bonds is 9. The van der Waals surface area contributed by atoms with E-state index >= 15 is 0 Å². The molecule has 26 heavy (non-hydrogen) atoms. The van der Waals surface area contributed by atoms with Gasteiger partial charge in [-0.25, -0.2) is 4.98 Å². The van der Waals surface area contributed by atoms with Crippen molar-refractivity contribution in [1.29, 1.82) is 0 Å². The standard InChI is InChI=1S/C19H33N3O3S/c1-7-10-13(21-17(25)15(23)19(4,5)6)16(24)22-18-20-11-14(26-18)12(8-2)9-3/h11-13,15,23H,7-10H2,1-6H3,(H,21,25)(H,20,22,24)/t13-,15+/m0/s1. The first-order chi connectivity index (χ1) is 12.1. The number of amides is 2. The minimum atomic E-state index is -1.17. The van der Waals surface area contributed by atoms with Crippen LogP contribution in [-0.2, 0) is 9.59 Å². The van der Waals surface area contributed by atoms with E-state index in [4.69, 9.17) is 0 Å². The van der Waals surface area contributed by atoms with E-state index in [9.17, 15) is 14.7 Å². The zero-order chi connectivity index (χ0) is 19.9. The molecule has 148 valence electrons. The lowest BCUT2D eigenvalue weighted by Gasteiger charge is -2.26. The summed E-state index contributed by atoms with van der Waals surface area (Å²) in [5.74, 6) is -0.374. The number of anilines is 1. The van der Waals surface area contributed by atoms with Gasteiger partial charge >= 0.3 is 0 Å². The molecule has 2 atom stereocenters. The summed E-state index contributed by atoms with van der Waals surface area (Å²) in [6, 6.07) is -0.690. The molecule has 0 unspecified atom stereocenters. The Kier molecular flexibility index (Phi) is 8.70. The Balaban J connectivity index is 2.78. The van der Waals surface area contributed by atoms with Gasteiger partial charge in [0.05, 0.1) is 0 Å². The van der Waals surface area contributed by atoms with Crippen molar-refractivity contribution in [3.05, 3.63) is 11.1 Å². The van der Waals surface area contributed by atoms with Crippen molar-refractivity contribution in [2.75, 3.05) is 5.32 Å². The van der Waals surface area contributed by atoms with E-state index in [0.717, 1.165) is 24.1 Å². The van der Waals surface area contributed by atoms with Gasteiger partial charge in [-0.2, -0.15) is 0 Å². The molecule has 0 aliphatic rings. The van der Waals surface area contributed by atoms with Gasteiger partial charge in [0.25, 0.3) is 0 Å². The van der Waals surface area contributed by atoms with E-state index in [1.54, 1.807) is 20.8 Å². The number of thiazole rings is 1. The molecule has 6 nitrogen and oxygen atoms in total. The first kappa shape index (κ1) is 22.6. The van der Waals surface area contributed by atoms with Gasteiger partial charge < -0.3 is 15.7 Å². The zero-order valence-electron chi connectivity index (χ0n) is 16.8. The predicted molar refractivity (Wildman–Crippen MR) is 106 cm³/mol. The highest BCUT2D eigenvalue weighted by molar-refractivity contribution is 7.15. The molecule has 0 bridgehead atoms. The summed E-state index contributed by atoms with van der Waals surface area (Å²) in [6.45, 7) is 11.6. The molecule has 0 saturated heterocycles. The van der Waals surface area contributed by atoms with Crippen LogP contribution in [0.2, 0.25) is 0 Å². The van der Waals surface area contributed by atoms with Crippen LogP contribution in [-0.4, -0.2) is 34.1 Å². The second kappa shape index (κ2) is 10.0. The second-order valence-electron chi connectivity index (χ2n) is 7.69. The quantitative estimate of drug-likeness (QED) is 0.607. The third kappa shape index (κ3) is 6.36. The van der Waals surface area contributed by atoms with Crippen molar-refractivity contribution in [2.45, 2.75) is 85.3 Å². The van der Waals surface area contributed by atoms with Gasteiger partial charge in [-0.3, -0.25) is 9.59 Å². The summed E-state index contributed by atoms with van der Waals surface area (Å²) >= 11 is 1.48. The minimum Gasteiger partial charge on any atom is -0.383 e. The van der Waals surface area contributed by atoms with Gasteiger partial charge in [0, 0.05) is 11.1 Å². The van der Waals surface area contributed by atoms with Crippen LogP contribution < -0.4 is 10.6 Å². The molecule has 0 radical (unpaired) electrons. The lowest BCUT2D eigenvalue weighted by atomic mass is 9.88. The van der Waals surface area contributed by atoms with Crippen LogP contribution in [0.3, 0.4) is 0 Å². The summed E-state index contributed by atoms with van der Waals surface area (Å²) in [5, 5.41) is 16.1. The molecule has 0 fully saturated rings. The Morgan fingerprint density at radius 3 is 2.31 bits per heavy atom. The molecule has 0 aromatic carbocycles. The lowest BCUT2D eigenvalue weighted by molar-refractivity contribution is -0.137. The molecule has 2 amide bonds. The van der Waals surface area contributed by atoms with Crippen LogP contribution in [0.1, 0.15) is 78.0 Å². The Morgan fingerprint density at radius 1 is 1.19 bits per heavy atom. The molecule has 0 spiro atoms. The maximum absolute atomic E-state index is 12.6. The number of nitrogens with zero attached hydrogens (tertiary/aromatic N) is 1. The van der Waals surface area contributed by atoms with Gasteiger partial charge in [0.15, 0.2) is 5.13 Å². The van der Waals surface area contributed by atoms with Crippen LogP contribution in [0.4, 0.5) is 5.13 Å². The smallest absolute Gasteiger partial charge is 0.250 e. The first-order valence-corrected chi connectivity index (χ1v) is 10.2. The number of carbonyl (C=O) groups is 2. The normalized spacial score (nSPS) is 14.2. The number of carbonyl (C=O) groups excluding carboxylic acids is 2. The van der Waals surface area contributed by atoms with Crippen molar-refractivity contribution in [3.8, 4) is 0 Å². The molecule has 1 rings (SSSR count). The first-order valence-electron chi connectivity index (χ1n) is 9.38. The molecule has 0 aliphatic carbocycles. The summed E-state index contributed by atoms with van der Waals surface area (Å²) in [7, 11) is 0. The number of hydrogen-bond donors (Lipinski definition) is 3. The van der Waals surface area contributed by atoms with Gasteiger partial charge in [0.1, 0.15) is 12.1 Å². The van der Waals surface area contributed by atoms with Crippen molar-refractivity contribution in [3.63, 3.8) is 0 Å². The highest BCUT2D eigenvalue weighted by atomic mass is 32.1. The van der Waals surface area contributed by atoms with E-state index in [-0.39, 0.29) is 5.91 Å². The molecule has 7 heteroatoms. The van der Waals surface area contributed by atoms with E-state index < -0.39 is 23.5 Å². The van der Waals surface area contributed by atoms with E-state index in [0.29, 0.717) is 17.5 Å². The molecule has 1 aromatic rings. The fourth-order valence-electron chi connectivity index (χ4n) is 2.62. The third-order valence-electron chi connectivity index (χ3n) is 4.42. The molecule has 0 aliphatic heterocycles. The molecule has 0 saturated carbocycles. The fourth-order valence-corrected chi connectivity index (χ4v) is 3.70. The summed E-state index contributed by atoms with van der Waals surface area (Å²) in [6.07, 6.45) is 3.95. The molecular weight excluding hydrogens is 350 g/mol. The fraction of sp³-hybridized carbons (Fsp3) is 0.737. The zero-order valence-corrected chi connectivity index (χ0v) is 17.6. The van der Waals surface area contributed by atoms with Crippen LogP contribution in [0.15, 0.2) is 6.20 Å². The SMILES string of the molecule is CCC[C@H](NC(=O)[C@@H](O)C(C)(C)C)C(=O)Nc1ncc(C(CC)CC)s1. The van der Waals surface area contributed by atoms with Gasteiger partial charge in [-0.15, -0.1) is 11.3 Å². The maximum Gasteiger partial charge on any atom is 0.250 e. The number of nitrogens with one attached hydrogen (secondary N) is 2. The Labute approximate surface area is 160 Å². The Bertz CT molecular complexity index is 591. The van der Waals surface area contributed by atoms with Gasteiger partial charge in [-0.05, 0) is 30.6 Å². The number of aromatic nitrogens is 1. The summed E-state index contributed by atoms with van der Waals surface area (Å²) in [4.78, 5) is 30.3. The van der Waals surface area contributed by atoms with Crippen molar-refractivity contribution < 1.29 is 14.7 Å². The third-order valence-corrected chi connectivity index (χ3v) is 5.50. The second-order valence-corrected chi connectivity index (χ2v) is 8.75.